The fourth-order valence-corrected chi connectivity index (χ4v) is 2.20. The fraction of sp³-hybridized carbons (Fsp3) is 0.0556. The molecule has 0 aliphatic rings. The molecule has 0 fully saturated rings. The number of nitrogens with zero attached hydrogens (tertiary/aromatic N) is 2. The molecular weight excluding hydrogens is 304 g/mol. The number of pyridine rings is 2. The number of benzene rings is 1. The third-order valence-electron chi connectivity index (χ3n) is 3.33. The lowest BCUT2D eigenvalue weighted by atomic mass is 10.2. The molecule has 0 saturated heterocycles. The van der Waals surface area contributed by atoms with Crippen LogP contribution in [-0.4, -0.2) is 23.0 Å². The normalized spacial score (nSPS) is 10.0. The molecule has 3 aromatic rings. The van der Waals surface area contributed by atoms with E-state index >= 15 is 0 Å². The van der Waals surface area contributed by atoms with E-state index in [9.17, 15) is 4.79 Å². The Kier molecular flexibility index (Phi) is 4.67. The maximum Gasteiger partial charge on any atom is 0.259 e. The molecule has 0 aliphatic carbocycles. The van der Waals surface area contributed by atoms with E-state index in [1.165, 1.54) is 0 Å². The summed E-state index contributed by atoms with van der Waals surface area (Å²) in [5.41, 5.74) is 1.77. The number of para-hydroxylation sites is 2. The number of carbonyl (C=O) groups is 1. The van der Waals surface area contributed by atoms with Crippen molar-refractivity contribution in [1.82, 2.24) is 9.97 Å². The first-order valence-electron chi connectivity index (χ1n) is 7.34. The van der Waals surface area contributed by atoms with Crippen LogP contribution in [0.25, 0.3) is 0 Å². The van der Waals surface area contributed by atoms with Crippen LogP contribution in [0.3, 0.4) is 0 Å². The van der Waals surface area contributed by atoms with Crippen LogP contribution in [0.5, 0.6) is 5.75 Å². The van der Waals surface area contributed by atoms with E-state index in [-0.39, 0.29) is 5.91 Å². The molecule has 1 aromatic carbocycles. The summed E-state index contributed by atoms with van der Waals surface area (Å²) in [7, 11) is 1.59. The van der Waals surface area contributed by atoms with Crippen molar-refractivity contribution in [2.75, 3.05) is 17.7 Å². The second kappa shape index (κ2) is 7.23. The van der Waals surface area contributed by atoms with Crippen molar-refractivity contribution in [1.29, 1.82) is 0 Å². The van der Waals surface area contributed by atoms with E-state index in [2.05, 4.69) is 20.6 Å². The highest BCUT2D eigenvalue weighted by molar-refractivity contribution is 6.07. The Morgan fingerprint density at radius 2 is 1.88 bits per heavy atom. The van der Waals surface area contributed by atoms with Gasteiger partial charge < -0.3 is 15.4 Å². The zero-order valence-corrected chi connectivity index (χ0v) is 13.1. The minimum Gasteiger partial charge on any atom is -0.495 e. The van der Waals surface area contributed by atoms with Gasteiger partial charge in [-0.3, -0.25) is 9.78 Å². The average molecular weight is 320 g/mol. The SMILES string of the molecule is COc1ccccc1Nc1ncccc1C(=O)Nc1cccnc1. The molecule has 0 radical (unpaired) electrons. The zero-order valence-electron chi connectivity index (χ0n) is 13.1. The predicted octanol–water partition coefficient (Wildman–Crippen LogP) is 3.48. The van der Waals surface area contributed by atoms with Crippen molar-refractivity contribution in [3.05, 3.63) is 72.7 Å². The third-order valence-corrected chi connectivity index (χ3v) is 3.33. The van der Waals surface area contributed by atoms with Crippen molar-refractivity contribution in [2.24, 2.45) is 0 Å². The van der Waals surface area contributed by atoms with Crippen LogP contribution in [-0.2, 0) is 0 Å². The first-order chi connectivity index (χ1) is 11.8. The van der Waals surface area contributed by atoms with Crippen LogP contribution >= 0.6 is 0 Å². The highest BCUT2D eigenvalue weighted by Crippen LogP contribution is 2.27. The molecule has 2 heterocycles. The topological polar surface area (TPSA) is 76.1 Å². The number of hydrogen-bond donors (Lipinski definition) is 2. The number of aromatic nitrogens is 2. The molecule has 0 aliphatic heterocycles. The highest BCUT2D eigenvalue weighted by Gasteiger charge is 2.14. The fourth-order valence-electron chi connectivity index (χ4n) is 2.20. The lowest BCUT2D eigenvalue weighted by Gasteiger charge is -2.13. The van der Waals surface area contributed by atoms with Gasteiger partial charge >= 0.3 is 0 Å². The first-order valence-corrected chi connectivity index (χ1v) is 7.34. The molecule has 6 heteroatoms. The van der Waals surface area contributed by atoms with Crippen LogP contribution in [0.15, 0.2) is 67.1 Å². The van der Waals surface area contributed by atoms with Crippen LogP contribution in [0, 0.1) is 0 Å². The Labute approximate surface area is 139 Å². The molecule has 0 unspecified atom stereocenters. The molecule has 6 nitrogen and oxygen atoms in total. The maximum atomic E-state index is 12.5. The lowest BCUT2D eigenvalue weighted by molar-refractivity contribution is 0.102. The first kappa shape index (κ1) is 15.5. The van der Waals surface area contributed by atoms with Crippen LogP contribution < -0.4 is 15.4 Å². The lowest BCUT2D eigenvalue weighted by Crippen LogP contribution is -2.14. The zero-order chi connectivity index (χ0) is 16.8. The summed E-state index contributed by atoms with van der Waals surface area (Å²) in [5.74, 6) is 0.846. The molecule has 3 rings (SSSR count). The predicted molar refractivity (Wildman–Crippen MR) is 92.7 cm³/mol. The molecule has 0 spiro atoms. The van der Waals surface area contributed by atoms with Gasteiger partial charge in [-0.05, 0) is 36.4 Å². The third kappa shape index (κ3) is 3.49. The van der Waals surface area contributed by atoms with E-state index in [0.717, 1.165) is 5.69 Å². The Bertz CT molecular complexity index is 837. The molecule has 24 heavy (non-hydrogen) atoms. The number of nitrogens with one attached hydrogen (secondary N) is 2. The van der Waals surface area contributed by atoms with Crippen LogP contribution in [0.4, 0.5) is 17.2 Å². The smallest absolute Gasteiger partial charge is 0.259 e. The van der Waals surface area contributed by atoms with Gasteiger partial charge in [-0.2, -0.15) is 0 Å². The van der Waals surface area contributed by atoms with Crippen molar-refractivity contribution in [3.63, 3.8) is 0 Å². The Morgan fingerprint density at radius 1 is 1.04 bits per heavy atom. The number of amides is 1. The van der Waals surface area contributed by atoms with Gasteiger partial charge in [0.25, 0.3) is 5.91 Å². The van der Waals surface area contributed by atoms with Crippen LogP contribution in [0.1, 0.15) is 10.4 Å². The van der Waals surface area contributed by atoms with Crippen molar-refractivity contribution in [2.45, 2.75) is 0 Å². The minimum atomic E-state index is -0.270. The molecule has 0 saturated carbocycles. The Morgan fingerprint density at radius 3 is 2.67 bits per heavy atom. The Hall–Kier alpha value is -3.41. The van der Waals surface area contributed by atoms with Crippen LogP contribution in [0.2, 0.25) is 0 Å². The van der Waals surface area contributed by atoms with E-state index in [4.69, 9.17) is 4.74 Å². The van der Waals surface area contributed by atoms with Gasteiger partial charge in [0.2, 0.25) is 0 Å². The quantitative estimate of drug-likeness (QED) is 0.752. The summed E-state index contributed by atoms with van der Waals surface area (Å²) in [5, 5.41) is 5.95. The van der Waals surface area contributed by atoms with E-state index in [1.807, 2.05) is 24.3 Å². The number of methoxy groups -OCH3 is 1. The van der Waals surface area contributed by atoms with E-state index in [0.29, 0.717) is 22.8 Å². The van der Waals surface area contributed by atoms with Gasteiger partial charge in [0.15, 0.2) is 0 Å². The van der Waals surface area contributed by atoms with Gasteiger partial charge in [-0.1, -0.05) is 12.1 Å². The summed E-state index contributed by atoms with van der Waals surface area (Å²) in [6.07, 6.45) is 4.86. The second-order valence-corrected chi connectivity index (χ2v) is 4.92. The monoisotopic (exact) mass is 320 g/mol. The Balaban J connectivity index is 1.86. The van der Waals surface area contributed by atoms with Gasteiger partial charge in [0.05, 0.1) is 30.2 Å². The van der Waals surface area contributed by atoms with E-state index < -0.39 is 0 Å². The van der Waals surface area contributed by atoms with Crippen molar-refractivity contribution < 1.29 is 9.53 Å². The number of rotatable bonds is 5. The number of carbonyl (C=O) groups excluding carboxylic acids is 1. The number of anilines is 3. The average Bonchev–Trinajstić information content (AvgIpc) is 2.63. The summed E-state index contributed by atoms with van der Waals surface area (Å²) in [6.45, 7) is 0. The van der Waals surface area contributed by atoms with Crippen molar-refractivity contribution >= 4 is 23.1 Å². The number of ether oxygens (including phenoxy) is 1. The molecule has 1 amide bonds. The van der Waals surface area contributed by atoms with Gasteiger partial charge in [0.1, 0.15) is 11.6 Å². The maximum absolute atomic E-state index is 12.5. The minimum absolute atomic E-state index is 0.270. The molecule has 0 atom stereocenters. The molecule has 120 valence electrons. The highest BCUT2D eigenvalue weighted by atomic mass is 16.5. The molecule has 2 aromatic heterocycles. The summed E-state index contributed by atoms with van der Waals surface area (Å²) in [6, 6.07) is 14.4. The summed E-state index contributed by atoms with van der Waals surface area (Å²) >= 11 is 0. The van der Waals surface area contributed by atoms with Gasteiger partial charge in [-0.25, -0.2) is 4.98 Å². The van der Waals surface area contributed by atoms with Gasteiger partial charge in [0, 0.05) is 12.4 Å². The summed E-state index contributed by atoms with van der Waals surface area (Å²) < 4.78 is 5.31. The molecule has 0 bridgehead atoms. The summed E-state index contributed by atoms with van der Waals surface area (Å²) in [4.78, 5) is 20.8. The second-order valence-electron chi connectivity index (χ2n) is 4.92. The van der Waals surface area contributed by atoms with Crippen molar-refractivity contribution in [3.8, 4) is 5.75 Å². The molecular formula is C18H16N4O2. The number of hydrogen-bond acceptors (Lipinski definition) is 5. The van der Waals surface area contributed by atoms with E-state index in [1.54, 1.807) is 50.0 Å². The molecule has 2 N–H and O–H groups in total. The van der Waals surface area contributed by atoms with Gasteiger partial charge in [-0.15, -0.1) is 0 Å². The standard InChI is InChI=1S/C18H16N4O2/c1-24-16-9-3-2-8-15(16)22-17-14(7-5-11-20-17)18(23)21-13-6-4-10-19-12-13/h2-12H,1H3,(H,20,22)(H,21,23). The largest absolute Gasteiger partial charge is 0.495 e.